The summed E-state index contributed by atoms with van der Waals surface area (Å²) in [6.45, 7) is 21.6. The van der Waals surface area contributed by atoms with Gasteiger partial charge in [0.15, 0.2) is 5.78 Å². The quantitative estimate of drug-likeness (QED) is 0.193. The normalized spacial score (nSPS) is 22.4. The Morgan fingerprint density at radius 3 is 2.45 bits per heavy atom. The maximum absolute atomic E-state index is 12.7. The molecule has 0 aromatic heterocycles. The van der Waals surface area contributed by atoms with E-state index in [-0.39, 0.29) is 30.1 Å². The zero-order valence-electron chi connectivity index (χ0n) is 24.4. The zero-order chi connectivity index (χ0) is 28.0. The van der Waals surface area contributed by atoms with Crippen LogP contribution in [0.5, 0.6) is 0 Å². The third kappa shape index (κ3) is 6.18. The predicted octanol–water partition coefficient (Wildman–Crippen LogP) is 9.30. The molecule has 0 radical (unpaired) electrons. The fourth-order valence-corrected chi connectivity index (χ4v) is 6.40. The van der Waals surface area contributed by atoms with E-state index in [9.17, 15) is 9.90 Å². The Kier molecular flexibility index (Phi) is 10.3. The minimum Gasteiger partial charge on any atom is -0.392 e. The molecular weight excluding hydrogens is 464 g/mol. The first-order valence-corrected chi connectivity index (χ1v) is 14.2. The molecule has 2 unspecified atom stereocenters. The molecule has 0 saturated carbocycles. The Morgan fingerprint density at radius 1 is 1.11 bits per heavy atom. The van der Waals surface area contributed by atoms with Gasteiger partial charge in [0.1, 0.15) is 0 Å². The fraction of sp³-hybridized carbons (Fsp3) is 0.417. The standard InChI is InChI=1S/C36H46O2/c1-9-11-14-29(19-20-37)35-26(7)33(31-16-13-12-15-28(31)10-2)22-32(23(3)4)36(35)25(6)30-18-17-24(5)21-34(30)27(8)38/h11-12,14-15,17-19,21,32,35-37H,3,6,9-10,13,16,20,22H2,1-2,4-5,7-8H3/b14-11-,29-19+/t32?,35-,36?/m1/s1. The third-order valence-electron chi connectivity index (χ3n) is 8.34. The Bertz CT molecular complexity index is 1240. The molecule has 0 heterocycles. The van der Waals surface area contributed by atoms with Gasteiger partial charge in [0.25, 0.3) is 0 Å². The van der Waals surface area contributed by atoms with E-state index in [1.165, 1.54) is 22.3 Å². The number of benzene rings is 1. The van der Waals surface area contributed by atoms with Gasteiger partial charge in [-0.3, -0.25) is 4.79 Å². The largest absolute Gasteiger partial charge is 0.392 e. The molecule has 3 rings (SSSR count). The molecule has 38 heavy (non-hydrogen) atoms. The highest BCUT2D eigenvalue weighted by atomic mass is 16.2. The Morgan fingerprint density at radius 2 is 1.84 bits per heavy atom. The third-order valence-corrected chi connectivity index (χ3v) is 8.34. The number of aryl methyl sites for hydroxylation is 1. The summed E-state index contributed by atoms with van der Waals surface area (Å²) in [5, 5.41) is 10.1. The average Bonchev–Trinajstić information content (AvgIpc) is 2.90. The van der Waals surface area contributed by atoms with Crippen LogP contribution in [0.25, 0.3) is 5.57 Å². The number of carbonyl (C=O) groups excluding carboxylic acids is 1. The van der Waals surface area contributed by atoms with Crippen molar-refractivity contribution in [2.75, 3.05) is 6.61 Å². The van der Waals surface area contributed by atoms with Crippen molar-refractivity contribution in [2.45, 2.75) is 73.6 Å². The molecule has 2 aliphatic carbocycles. The molecular formula is C36H46O2. The maximum atomic E-state index is 12.7. The van der Waals surface area contributed by atoms with Gasteiger partial charge in [-0.05, 0) is 105 Å². The predicted molar refractivity (Wildman–Crippen MR) is 163 cm³/mol. The summed E-state index contributed by atoms with van der Waals surface area (Å²) in [5.74, 6) is 0.281. The number of Topliss-reactive ketones (excluding diaryl/α,β-unsaturated/α-hetero) is 1. The molecule has 2 heteroatoms. The Hall–Kier alpha value is -2.97. The molecule has 0 fully saturated rings. The number of hydrogen-bond donors (Lipinski definition) is 1. The Balaban J connectivity index is 2.34. The fourth-order valence-electron chi connectivity index (χ4n) is 6.40. The van der Waals surface area contributed by atoms with Gasteiger partial charge in [0, 0.05) is 17.4 Å². The van der Waals surface area contributed by atoms with Crippen molar-refractivity contribution in [2.24, 2.45) is 17.8 Å². The van der Waals surface area contributed by atoms with Crippen molar-refractivity contribution in [1.82, 2.24) is 0 Å². The summed E-state index contributed by atoms with van der Waals surface area (Å²) in [6, 6.07) is 6.12. The van der Waals surface area contributed by atoms with Gasteiger partial charge in [0.2, 0.25) is 0 Å². The summed E-state index contributed by atoms with van der Waals surface area (Å²) in [7, 11) is 0. The van der Waals surface area contributed by atoms with Crippen LogP contribution in [-0.4, -0.2) is 17.5 Å². The highest BCUT2D eigenvalue weighted by molar-refractivity contribution is 5.99. The number of allylic oxidation sites excluding steroid dienone is 11. The lowest BCUT2D eigenvalue weighted by Crippen LogP contribution is -2.33. The molecule has 3 atom stereocenters. The summed E-state index contributed by atoms with van der Waals surface area (Å²) in [4.78, 5) is 12.7. The summed E-state index contributed by atoms with van der Waals surface area (Å²) >= 11 is 0. The van der Waals surface area contributed by atoms with Crippen molar-refractivity contribution in [3.8, 4) is 0 Å². The van der Waals surface area contributed by atoms with Gasteiger partial charge in [0.05, 0.1) is 6.61 Å². The highest BCUT2D eigenvalue weighted by Gasteiger charge is 2.41. The molecule has 1 aromatic rings. The van der Waals surface area contributed by atoms with Crippen molar-refractivity contribution in [1.29, 1.82) is 0 Å². The monoisotopic (exact) mass is 510 g/mol. The van der Waals surface area contributed by atoms with Crippen LogP contribution in [0.2, 0.25) is 0 Å². The van der Waals surface area contributed by atoms with E-state index in [0.717, 1.165) is 65.5 Å². The second-order valence-electron chi connectivity index (χ2n) is 10.9. The number of carbonyl (C=O) groups is 1. The SMILES string of the molecule is C=C(C)C1CC(C2=C(CC)C=CCC2)=C(C)[C@H](C(/C=C\CC)=C/CO)C1C(=C)c1ccc(C)cc1C(C)=O. The number of hydrogen-bond acceptors (Lipinski definition) is 2. The number of aliphatic hydroxyl groups excluding tert-OH is 1. The van der Waals surface area contributed by atoms with Gasteiger partial charge in [-0.2, -0.15) is 0 Å². The van der Waals surface area contributed by atoms with Crippen molar-refractivity contribution in [3.05, 3.63) is 112 Å². The molecule has 0 spiro atoms. The Labute approximate surface area is 230 Å². The molecule has 1 aromatic carbocycles. The first-order valence-electron chi connectivity index (χ1n) is 14.2. The van der Waals surface area contributed by atoms with Crippen LogP contribution in [0.3, 0.4) is 0 Å². The molecule has 0 bridgehead atoms. The summed E-state index contributed by atoms with van der Waals surface area (Å²) < 4.78 is 0. The number of aliphatic hydroxyl groups is 1. The smallest absolute Gasteiger partial charge is 0.160 e. The summed E-state index contributed by atoms with van der Waals surface area (Å²) in [5.41, 5.74) is 11.7. The van der Waals surface area contributed by atoms with E-state index in [1.807, 2.05) is 19.1 Å². The first-order chi connectivity index (χ1) is 18.2. The molecule has 0 amide bonds. The molecule has 2 nitrogen and oxygen atoms in total. The lowest BCUT2D eigenvalue weighted by atomic mass is 9.60. The van der Waals surface area contributed by atoms with Gasteiger partial charge < -0.3 is 5.11 Å². The highest BCUT2D eigenvalue weighted by Crippen LogP contribution is 2.53. The molecule has 0 aliphatic heterocycles. The van der Waals surface area contributed by atoms with E-state index in [0.29, 0.717) is 0 Å². The topological polar surface area (TPSA) is 37.3 Å². The van der Waals surface area contributed by atoms with E-state index < -0.39 is 0 Å². The molecule has 0 saturated heterocycles. The summed E-state index contributed by atoms with van der Waals surface area (Å²) in [6.07, 6.45) is 15.9. The number of rotatable bonds is 10. The molecule has 1 N–H and O–H groups in total. The van der Waals surface area contributed by atoms with Crippen LogP contribution in [0.15, 0.2) is 95.2 Å². The van der Waals surface area contributed by atoms with Crippen LogP contribution >= 0.6 is 0 Å². The molecule has 202 valence electrons. The minimum absolute atomic E-state index is 0.0195. The van der Waals surface area contributed by atoms with E-state index in [4.69, 9.17) is 0 Å². The van der Waals surface area contributed by atoms with Crippen molar-refractivity contribution < 1.29 is 9.90 Å². The second-order valence-corrected chi connectivity index (χ2v) is 10.9. The first kappa shape index (κ1) is 29.6. The number of ketones is 1. The van der Waals surface area contributed by atoms with Gasteiger partial charge in [-0.15, -0.1) is 0 Å². The maximum Gasteiger partial charge on any atom is 0.160 e. The van der Waals surface area contributed by atoms with Gasteiger partial charge in [-0.1, -0.05) is 86.2 Å². The second kappa shape index (κ2) is 13.2. The van der Waals surface area contributed by atoms with Gasteiger partial charge in [-0.25, -0.2) is 0 Å². The van der Waals surface area contributed by atoms with E-state index >= 15 is 0 Å². The van der Waals surface area contributed by atoms with Crippen molar-refractivity contribution >= 4 is 11.4 Å². The van der Waals surface area contributed by atoms with Crippen LogP contribution in [0, 0.1) is 24.7 Å². The van der Waals surface area contributed by atoms with Crippen LogP contribution in [0.1, 0.15) is 88.2 Å². The van der Waals surface area contributed by atoms with E-state index in [2.05, 4.69) is 77.3 Å². The van der Waals surface area contributed by atoms with Crippen LogP contribution < -0.4 is 0 Å². The lowest BCUT2D eigenvalue weighted by molar-refractivity contribution is 0.101. The van der Waals surface area contributed by atoms with Crippen molar-refractivity contribution in [3.63, 3.8) is 0 Å². The average molecular weight is 511 g/mol. The minimum atomic E-state index is -0.0195. The van der Waals surface area contributed by atoms with Gasteiger partial charge >= 0.3 is 0 Å². The lowest BCUT2D eigenvalue weighted by Gasteiger charge is -2.44. The van der Waals surface area contributed by atoms with E-state index in [1.54, 1.807) is 6.92 Å². The van der Waals surface area contributed by atoms with Crippen LogP contribution in [-0.2, 0) is 0 Å². The van der Waals surface area contributed by atoms with Crippen LogP contribution in [0.4, 0.5) is 0 Å². The zero-order valence-corrected chi connectivity index (χ0v) is 24.4. The molecule has 2 aliphatic rings.